The second-order valence-corrected chi connectivity index (χ2v) is 8.29. The fourth-order valence-electron chi connectivity index (χ4n) is 4.25. The van der Waals surface area contributed by atoms with Crippen molar-refractivity contribution in [3.05, 3.63) is 0 Å². The maximum absolute atomic E-state index is 12.7. The first-order valence-electron chi connectivity index (χ1n) is 9.94. The Balaban J connectivity index is 1.50. The molecular weight excluding hydrogens is 302 g/mol. The van der Waals surface area contributed by atoms with E-state index in [-0.39, 0.29) is 17.7 Å². The average Bonchev–Trinajstić information content (AvgIpc) is 2.53. The predicted octanol–water partition coefficient (Wildman–Crippen LogP) is 2.85. The topological polar surface area (TPSA) is 44.8 Å². The zero-order valence-corrected chi connectivity index (χ0v) is 15.7. The van der Waals surface area contributed by atoms with E-state index in [4.69, 9.17) is 4.74 Å². The van der Waals surface area contributed by atoms with Crippen molar-refractivity contribution in [3.63, 3.8) is 0 Å². The molecule has 1 N–H and O–H groups in total. The van der Waals surface area contributed by atoms with Crippen LogP contribution in [0.4, 0.5) is 4.79 Å². The summed E-state index contributed by atoms with van der Waals surface area (Å²) in [6, 6.07) is 1.16. The monoisotopic (exact) mass is 337 g/mol. The third-order valence-corrected chi connectivity index (χ3v) is 6.51. The number of ether oxygens (including phenoxy) is 1. The van der Waals surface area contributed by atoms with Gasteiger partial charge < -0.3 is 19.9 Å². The van der Waals surface area contributed by atoms with Gasteiger partial charge in [0.1, 0.15) is 0 Å². The zero-order chi connectivity index (χ0) is 17.2. The molecule has 0 aromatic heterocycles. The van der Waals surface area contributed by atoms with Gasteiger partial charge in [0, 0.05) is 25.2 Å². The molecule has 0 aromatic rings. The van der Waals surface area contributed by atoms with E-state index in [0.29, 0.717) is 25.6 Å². The van der Waals surface area contributed by atoms with Crippen LogP contribution in [-0.4, -0.2) is 66.3 Å². The molecule has 0 radical (unpaired) electrons. The molecule has 138 valence electrons. The van der Waals surface area contributed by atoms with Crippen LogP contribution in [0.3, 0.4) is 0 Å². The summed E-state index contributed by atoms with van der Waals surface area (Å²) >= 11 is 0. The molecule has 2 aliphatic heterocycles. The van der Waals surface area contributed by atoms with Crippen LogP contribution >= 0.6 is 0 Å². The molecule has 0 unspecified atom stereocenters. The number of carbonyl (C=O) groups excluding carboxylic acids is 1. The average molecular weight is 338 g/mol. The van der Waals surface area contributed by atoms with E-state index in [2.05, 4.69) is 31.0 Å². The van der Waals surface area contributed by atoms with Crippen molar-refractivity contribution in [1.82, 2.24) is 15.1 Å². The summed E-state index contributed by atoms with van der Waals surface area (Å²) in [5.41, 5.74) is -0.190. The number of likely N-dealkylation sites (tertiary alicyclic amines) is 1. The van der Waals surface area contributed by atoms with E-state index < -0.39 is 0 Å². The van der Waals surface area contributed by atoms with Gasteiger partial charge in [0.15, 0.2) is 0 Å². The Morgan fingerprint density at radius 3 is 2.75 bits per heavy atom. The number of morpholine rings is 1. The number of amides is 2. The molecule has 2 heterocycles. The highest BCUT2D eigenvalue weighted by atomic mass is 16.5. The molecule has 3 aliphatic rings. The molecule has 5 nitrogen and oxygen atoms in total. The molecule has 24 heavy (non-hydrogen) atoms. The van der Waals surface area contributed by atoms with E-state index in [1.165, 1.54) is 38.6 Å². The number of hydrogen-bond acceptors (Lipinski definition) is 3. The van der Waals surface area contributed by atoms with Crippen molar-refractivity contribution < 1.29 is 9.53 Å². The Morgan fingerprint density at radius 2 is 2.08 bits per heavy atom. The lowest BCUT2D eigenvalue weighted by Crippen LogP contribution is -2.57. The van der Waals surface area contributed by atoms with Gasteiger partial charge in [-0.1, -0.05) is 13.3 Å². The van der Waals surface area contributed by atoms with Gasteiger partial charge in [-0.25, -0.2) is 4.79 Å². The highest BCUT2D eigenvalue weighted by Crippen LogP contribution is 2.30. The van der Waals surface area contributed by atoms with E-state index in [0.717, 1.165) is 19.0 Å². The van der Waals surface area contributed by atoms with Crippen molar-refractivity contribution in [2.75, 3.05) is 32.8 Å². The molecule has 2 saturated heterocycles. The molecule has 1 saturated carbocycles. The maximum Gasteiger partial charge on any atom is 0.317 e. The summed E-state index contributed by atoms with van der Waals surface area (Å²) in [7, 11) is 0. The number of urea groups is 1. The first-order valence-corrected chi connectivity index (χ1v) is 9.94. The predicted molar refractivity (Wildman–Crippen MR) is 96.2 cm³/mol. The van der Waals surface area contributed by atoms with Gasteiger partial charge in [0.2, 0.25) is 0 Å². The van der Waals surface area contributed by atoms with Crippen molar-refractivity contribution in [1.29, 1.82) is 0 Å². The van der Waals surface area contributed by atoms with Crippen LogP contribution in [0.2, 0.25) is 0 Å². The number of carbonyl (C=O) groups is 1. The first-order chi connectivity index (χ1) is 11.5. The normalized spacial score (nSPS) is 33.8. The molecule has 3 rings (SSSR count). The smallest absolute Gasteiger partial charge is 0.317 e. The molecule has 2 amide bonds. The molecule has 3 atom stereocenters. The fraction of sp³-hybridized carbons (Fsp3) is 0.947. The van der Waals surface area contributed by atoms with Crippen molar-refractivity contribution >= 4 is 6.03 Å². The van der Waals surface area contributed by atoms with Crippen LogP contribution in [0.5, 0.6) is 0 Å². The van der Waals surface area contributed by atoms with Crippen LogP contribution in [0.1, 0.15) is 59.3 Å². The van der Waals surface area contributed by atoms with Gasteiger partial charge in [-0.15, -0.1) is 0 Å². The Morgan fingerprint density at radius 1 is 1.29 bits per heavy atom. The minimum absolute atomic E-state index is 0.0891. The van der Waals surface area contributed by atoms with E-state index in [1.54, 1.807) is 0 Å². The number of rotatable bonds is 4. The van der Waals surface area contributed by atoms with Crippen LogP contribution in [0, 0.1) is 5.92 Å². The fourth-order valence-corrected chi connectivity index (χ4v) is 4.25. The maximum atomic E-state index is 12.7. The SMILES string of the molecule is CC[C@@]1(C)CN(C(=O)N[C@H](C)[C@@H]2CCCN(C3CCC3)C2)CCO1. The molecule has 0 aromatic carbocycles. The summed E-state index contributed by atoms with van der Waals surface area (Å²) in [6.07, 6.45) is 7.58. The molecule has 3 fully saturated rings. The van der Waals surface area contributed by atoms with Gasteiger partial charge in [-0.05, 0) is 58.4 Å². The molecule has 1 aliphatic carbocycles. The van der Waals surface area contributed by atoms with Crippen molar-refractivity contribution in [2.24, 2.45) is 5.92 Å². The molecule has 5 heteroatoms. The third kappa shape index (κ3) is 4.05. The van der Waals surface area contributed by atoms with Crippen LogP contribution in [0.25, 0.3) is 0 Å². The summed E-state index contributed by atoms with van der Waals surface area (Å²) in [5, 5.41) is 3.28. The summed E-state index contributed by atoms with van der Waals surface area (Å²) in [6.45, 7) is 10.9. The Hall–Kier alpha value is -0.810. The second-order valence-electron chi connectivity index (χ2n) is 8.29. The third-order valence-electron chi connectivity index (χ3n) is 6.51. The van der Waals surface area contributed by atoms with Crippen LogP contribution < -0.4 is 5.32 Å². The molecular formula is C19H35N3O2. The molecule has 0 spiro atoms. The van der Waals surface area contributed by atoms with Crippen molar-refractivity contribution in [3.8, 4) is 0 Å². The number of hydrogen-bond donors (Lipinski definition) is 1. The van der Waals surface area contributed by atoms with Gasteiger partial charge in [-0.3, -0.25) is 0 Å². The number of piperidine rings is 1. The van der Waals surface area contributed by atoms with Crippen LogP contribution in [-0.2, 0) is 4.74 Å². The largest absolute Gasteiger partial charge is 0.372 e. The summed E-state index contributed by atoms with van der Waals surface area (Å²) in [5.74, 6) is 0.585. The Bertz CT molecular complexity index is 440. The second kappa shape index (κ2) is 7.61. The minimum Gasteiger partial charge on any atom is -0.372 e. The van der Waals surface area contributed by atoms with Crippen LogP contribution in [0.15, 0.2) is 0 Å². The molecule has 0 bridgehead atoms. The minimum atomic E-state index is -0.190. The number of nitrogens with one attached hydrogen (secondary N) is 1. The lowest BCUT2D eigenvalue weighted by Gasteiger charge is -2.44. The van der Waals surface area contributed by atoms with E-state index >= 15 is 0 Å². The lowest BCUT2D eigenvalue weighted by molar-refractivity contribution is -0.0876. The number of nitrogens with zero attached hydrogens (tertiary/aromatic N) is 2. The Labute approximate surface area is 147 Å². The van der Waals surface area contributed by atoms with Crippen molar-refractivity contribution in [2.45, 2.75) is 77.0 Å². The van der Waals surface area contributed by atoms with Gasteiger partial charge in [0.05, 0.1) is 18.8 Å². The first kappa shape index (κ1) is 18.0. The highest BCUT2D eigenvalue weighted by molar-refractivity contribution is 5.74. The Kier molecular flexibility index (Phi) is 5.70. The standard InChI is InChI=1S/C19H35N3O2/c1-4-19(3)14-22(11-12-24-19)18(23)20-15(2)16-7-6-10-21(13-16)17-8-5-9-17/h15-17H,4-14H2,1-3H3,(H,20,23)/t15-,16-,19+/m1/s1. The van der Waals surface area contributed by atoms with Gasteiger partial charge >= 0.3 is 6.03 Å². The van der Waals surface area contributed by atoms with Gasteiger partial charge in [0.25, 0.3) is 0 Å². The van der Waals surface area contributed by atoms with E-state index in [9.17, 15) is 4.79 Å². The summed E-state index contributed by atoms with van der Waals surface area (Å²) in [4.78, 5) is 17.3. The summed E-state index contributed by atoms with van der Waals surface area (Å²) < 4.78 is 5.85. The lowest BCUT2D eigenvalue weighted by atomic mass is 9.85. The quantitative estimate of drug-likeness (QED) is 0.858. The highest BCUT2D eigenvalue weighted by Gasteiger charge is 2.35. The van der Waals surface area contributed by atoms with E-state index in [1.807, 2.05) is 4.90 Å². The van der Waals surface area contributed by atoms with Gasteiger partial charge in [-0.2, -0.15) is 0 Å². The zero-order valence-electron chi connectivity index (χ0n) is 15.7.